The van der Waals surface area contributed by atoms with Gasteiger partial charge in [-0.1, -0.05) is 6.92 Å². The third kappa shape index (κ3) is 2.86. The van der Waals surface area contributed by atoms with E-state index < -0.39 is 0 Å². The van der Waals surface area contributed by atoms with Gasteiger partial charge in [-0.3, -0.25) is 4.79 Å². The van der Waals surface area contributed by atoms with Gasteiger partial charge in [0.15, 0.2) is 0 Å². The number of rotatable bonds is 6. The highest BCUT2D eigenvalue weighted by Gasteiger charge is 2.38. The van der Waals surface area contributed by atoms with E-state index in [2.05, 4.69) is 6.92 Å². The predicted molar refractivity (Wildman–Crippen MR) is 69.2 cm³/mol. The van der Waals surface area contributed by atoms with Crippen LogP contribution in [-0.2, 0) is 9.53 Å². The van der Waals surface area contributed by atoms with Crippen molar-refractivity contribution in [2.45, 2.75) is 57.6 Å². The van der Waals surface area contributed by atoms with Crippen molar-refractivity contribution in [1.29, 1.82) is 0 Å². The predicted octanol–water partition coefficient (Wildman–Crippen LogP) is 1.56. The van der Waals surface area contributed by atoms with Gasteiger partial charge >= 0.3 is 0 Å². The zero-order valence-corrected chi connectivity index (χ0v) is 11.3. The van der Waals surface area contributed by atoms with Gasteiger partial charge in [-0.2, -0.15) is 0 Å². The van der Waals surface area contributed by atoms with E-state index in [9.17, 15) is 4.79 Å². The molecule has 1 aliphatic carbocycles. The van der Waals surface area contributed by atoms with Crippen LogP contribution in [0.5, 0.6) is 0 Å². The average molecular weight is 255 g/mol. The molecule has 2 aliphatic rings. The molecular formula is C14H25NO3. The van der Waals surface area contributed by atoms with Crippen LogP contribution in [0.4, 0.5) is 0 Å². The number of carbonyl (C=O) groups is 1. The number of hydrogen-bond acceptors (Lipinski definition) is 3. The topological polar surface area (TPSA) is 49.8 Å². The molecule has 2 unspecified atom stereocenters. The fourth-order valence-electron chi connectivity index (χ4n) is 2.96. The molecule has 0 radical (unpaired) electrons. The van der Waals surface area contributed by atoms with Crippen molar-refractivity contribution in [2.75, 3.05) is 19.8 Å². The molecule has 0 aromatic rings. The van der Waals surface area contributed by atoms with E-state index in [1.807, 2.05) is 4.90 Å². The SMILES string of the molecule is CCC1OCCC1C(=O)N(CCCO)C1CCC1. The standard InChI is InChI=1S/C14H25NO3/c1-2-13-12(7-10-18-13)14(17)15(8-4-9-16)11-5-3-6-11/h11-13,16H,2-10H2,1H3. The molecule has 4 nitrogen and oxygen atoms in total. The first-order chi connectivity index (χ1) is 8.77. The summed E-state index contributed by atoms with van der Waals surface area (Å²) in [5, 5.41) is 8.97. The Morgan fingerprint density at radius 1 is 1.39 bits per heavy atom. The summed E-state index contributed by atoms with van der Waals surface area (Å²) >= 11 is 0. The molecule has 4 heteroatoms. The number of aliphatic hydroxyl groups excluding tert-OH is 1. The molecular weight excluding hydrogens is 230 g/mol. The van der Waals surface area contributed by atoms with Crippen LogP contribution in [0, 0.1) is 5.92 Å². The molecule has 1 N–H and O–H groups in total. The number of carbonyl (C=O) groups excluding carboxylic acids is 1. The zero-order chi connectivity index (χ0) is 13.0. The van der Waals surface area contributed by atoms with Gasteiger partial charge in [0.05, 0.1) is 12.0 Å². The smallest absolute Gasteiger partial charge is 0.228 e. The highest BCUT2D eigenvalue weighted by atomic mass is 16.5. The van der Waals surface area contributed by atoms with E-state index in [1.165, 1.54) is 6.42 Å². The van der Waals surface area contributed by atoms with Gasteiger partial charge in [0.25, 0.3) is 0 Å². The lowest BCUT2D eigenvalue weighted by molar-refractivity contribution is -0.141. The fraction of sp³-hybridized carbons (Fsp3) is 0.929. The number of ether oxygens (including phenoxy) is 1. The molecule has 1 aliphatic heterocycles. The van der Waals surface area contributed by atoms with Gasteiger partial charge in [-0.25, -0.2) is 0 Å². The molecule has 0 aromatic heterocycles. The first-order valence-electron chi connectivity index (χ1n) is 7.30. The van der Waals surface area contributed by atoms with E-state index in [-0.39, 0.29) is 24.5 Å². The van der Waals surface area contributed by atoms with Gasteiger partial charge in [0, 0.05) is 25.8 Å². The first kappa shape index (κ1) is 13.8. The second-order valence-corrected chi connectivity index (χ2v) is 5.41. The second kappa shape index (κ2) is 6.53. The molecule has 1 saturated heterocycles. The van der Waals surface area contributed by atoms with Crippen LogP contribution < -0.4 is 0 Å². The zero-order valence-electron chi connectivity index (χ0n) is 11.3. The number of hydrogen-bond donors (Lipinski definition) is 1. The molecule has 2 rings (SSSR count). The summed E-state index contributed by atoms with van der Waals surface area (Å²) in [6, 6.07) is 0.419. The summed E-state index contributed by atoms with van der Waals surface area (Å²) in [6.45, 7) is 3.66. The van der Waals surface area contributed by atoms with Gasteiger partial charge in [-0.05, 0) is 38.5 Å². The van der Waals surface area contributed by atoms with Crippen molar-refractivity contribution in [3.05, 3.63) is 0 Å². The Balaban J connectivity index is 1.97. The summed E-state index contributed by atoms with van der Waals surface area (Å²) in [4.78, 5) is 14.6. The third-order valence-corrected chi connectivity index (χ3v) is 4.28. The summed E-state index contributed by atoms with van der Waals surface area (Å²) in [5.74, 6) is 0.312. The fourth-order valence-corrected chi connectivity index (χ4v) is 2.96. The Morgan fingerprint density at radius 3 is 2.72 bits per heavy atom. The van der Waals surface area contributed by atoms with Crippen molar-refractivity contribution in [2.24, 2.45) is 5.92 Å². The van der Waals surface area contributed by atoms with Crippen LogP contribution in [0.25, 0.3) is 0 Å². The molecule has 2 fully saturated rings. The lowest BCUT2D eigenvalue weighted by atomic mass is 9.89. The second-order valence-electron chi connectivity index (χ2n) is 5.41. The minimum absolute atomic E-state index is 0.0503. The third-order valence-electron chi connectivity index (χ3n) is 4.28. The number of amides is 1. The summed E-state index contributed by atoms with van der Waals surface area (Å²) in [5.41, 5.74) is 0. The molecule has 0 spiro atoms. The molecule has 2 atom stereocenters. The summed E-state index contributed by atoms with van der Waals surface area (Å²) in [7, 11) is 0. The van der Waals surface area contributed by atoms with Crippen LogP contribution in [0.15, 0.2) is 0 Å². The van der Waals surface area contributed by atoms with Crippen molar-refractivity contribution in [3.63, 3.8) is 0 Å². The molecule has 0 bridgehead atoms. The Bertz CT molecular complexity index is 278. The first-order valence-corrected chi connectivity index (χ1v) is 7.30. The number of nitrogens with zero attached hydrogens (tertiary/aromatic N) is 1. The maximum atomic E-state index is 12.6. The lowest BCUT2D eigenvalue weighted by Gasteiger charge is -2.39. The summed E-state index contributed by atoms with van der Waals surface area (Å²) < 4.78 is 5.63. The Hall–Kier alpha value is -0.610. The maximum absolute atomic E-state index is 12.6. The highest BCUT2D eigenvalue weighted by molar-refractivity contribution is 5.80. The van der Waals surface area contributed by atoms with Crippen molar-refractivity contribution < 1.29 is 14.6 Å². The Labute approximate surface area is 109 Å². The average Bonchev–Trinajstić information content (AvgIpc) is 2.79. The number of aliphatic hydroxyl groups is 1. The van der Waals surface area contributed by atoms with Crippen LogP contribution in [-0.4, -0.2) is 47.8 Å². The Kier molecular flexibility index (Phi) is 5.01. The highest BCUT2D eigenvalue weighted by Crippen LogP contribution is 2.31. The van der Waals surface area contributed by atoms with Crippen LogP contribution >= 0.6 is 0 Å². The van der Waals surface area contributed by atoms with E-state index in [1.54, 1.807) is 0 Å². The maximum Gasteiger partial charge on any atom is 0.228 e. The van der Waals surface area contributed by atoms with Crippen LogP contribution in [0.2, 0.25) is 0 Å². The molecule has 104 valence electrons. The van der Waals surface area contributed by atoms with Crippen molar-refractivity contribution in [3.8, 4) is 0 Å². The largest absolute Gasteiger partial charge is 0.396 e. The summed E-state index contributed by atoms with van der Waals surface area (Å²) in [6.07, 6.45) is 6.05. The van der Waals surface area contributed by atoms with E-state index in [4.69, 9.17) is 9.84 Å². The van der Waals surface area contributed by atoms with Crippen molar-refractivity contribution in [1.82, 2.24) is 4.90 Å². The minimum Gasteiger partial charge on any atom is -0.396 e. The molecule has 1 heterocycles. The molecule has 0 aromatic carbocycles. The van der Waals surface area contributed by atoms with Crippen LogP contribution in [0.3, 0.4) is 0 Å². The van der Waals surface area contributed by atoms with E-state index in [0.717, 1.165) is 25.7 Å². The normalized spacial score (nSPS) is 28.1. The van der Waals surface area contributed by atoms with Gasteiger partial charge in [-0.15, -0.1) is 0 Å². The lowest BCUT2D eigenvalue weighted by Crippen LogP contribution is -2.48. The quantitative estimate of drug-likeness (QED) is 0.783. The van der Waals surface area contributed by atoms with E-state index in [0.29, 0.717) is 25.6 Å². The monoisotopic (exact) mass is 255 g/mol. The van der Waals surface area contributed by atoms with Gasteiger partial charge < -0.3 is 14.7 Å². The van der Waals surface area contributed by atoms with Gasteiger partial charge in [0.2, 0.25) is 5.91 Å². The van der Waals surface area contributed by atoms with Crippen molar-refractivity contribution >= 4 is 5.91 Å². The van der Waals surface area contributed by atoms with Gasteiger partial charge in [0.1, 0.15) is 0 Å². The van der Waals surface area contributed by atoms with E-state index >= 15 is 0 Å². The Morgan fingerprint density at radius 2 is 2.17 bits per heavy atom. The van der Waals surface area contributed by atoms with Crippen LogP contribution in [0.1, 0.15) is 45.4 Å². The minimum atomic E-state index is 0.0503. The molecule has 1 saturated carbocycles. The molecule has 1 amide bonds. The molecule has 18 heavy (non-hydrogen) atoms.